The largest absolute Gasteiger partial charge is 0.370 e. The Bertz CT molecular complexity index is 587. The van der Waals surface area contributed by atoms with Crippen LogP contribution in [-0.2, 0) is 24.2 Å². The SMILES string of the molecule is CCc1[nH+]c(NCC[NH+](C)C)c(C#N)c2c1COC(C)(C)C2. The molecule has 1 aromatic heterocycles. The van der Waals surface area contributed by atoms with Gasteiger partial charge in [0.05, 0.1) is 26.3 Å². The third-order valence-corrected chi connectivity index (χ3v) is 4.16. The number of aryl methyl sites for hydroxylation is 1. The van der Waals surface area contributed by atoms with Crippen LogP contribution in [0, 0.1) is 11.3 Å². The van der Waals surface area contributed by atoms with Gasteiger partial charge < -0.3 is 9.64 Å². The number of pyridine rings is 1. The van der Waals surface area contributed by atoms with E-state index in [1.54, 1.807) is 0 Å². The van der Waals surface area contributed by atoms with Crippen molar-refractivity contribution in [3.8, 4) is 6.07 Å². The van der Waals surface area contributed by atoms with Crippen molar-refractivity contribution in [1.82, 2.24) is 0 Å². The van der Waals surface area contributed by atoms with Crippen molar-refractivity contribution in [2.24, 2.45) is 0 Å². The number of fused-ring (bicyclic) bond motifs is 1. The second-order valence-electron chi connectivity index (χ2n) is 6.89. The molecule has 22 heavy (non-hydrogen) atoms. The van der Waals surface area contributed by atoms with Crippen LogP contribution in [-0.4, -0.2) is 32.8 Å². The number of nitriles is 1. The van der Waals surface area contributed by atoms with Gasteiger partial charge in [0, 0.05) is 18.4 Å². The highest BCUT2D eigenvalue weighted by molar-refractivity contribution is 5.56. The van der Waals surface area contributed by atoms with E-state index in [1.165, 1.54) is 16.2 Å². The second kappa shape index (κ2) is 6.64. The normalized spacial score (nSPS) is 16.2. The smallest absolute Gasteiger partial charge is 0.291 e. The summed E-state index contributed by atoms with van der Waals surface area (Å²) >= 11 is 0. The molecule has 1 aliphatic heterocycles. The molecule has 0 saturated heterocycles. The highest BCUT2D eigenvalue weighted by Crippen LogP contribution is 2.32. The van der Waals surface area contributed by atoms with Crippen LogP contribution in [0.2, 0.25) is 0 Å². The molecule has 0 atom stereocenters. The zero-order valence-electron chi connectivity index (χ0n) is 14.4. The Morgan fingerprint density at radius 3 is 2.68 bits per heavy atom. The monoisotopic (exact) mass is 304 g/mol. The molecule has 0 aliphatic carbocycles. The van der Waals surface area contributed by atoms with Crippen LogP contribution in [0.15, 0.2) is 0 Å². The Labute approximate surface area is 133 Å². The van der Waals surface area contributed by atoms with E-state index in [4.69, 9.17) is 4.74 Å². The second-order valence-corrected chi connectivity index (χ2v) is 6.89. The van der Waals surface area contributed by atoms with E-state index in [-0.39, 0.29) is 5.60 Å². The first kappa shape index (κ1) is 16.7. The zero-order valence-corrected chi connectivity index (χ0v) is 14.4. The number of nitrogens with one attached hydrogen (secondary N) is 3. The third-order valence-electron chi connectivity index (χ3n) is 4.16. The highest BCUT2D eigenvalue weighted by Gasteiger charge is 2.33. The minimum absolute atomic E-state index is 0.212. The first-order valence-electron chi connectivity index (χ1n) is 8.04. The minimum atomic E-state index is -0.212. The molecule has 0 unspecified atom stereocenters. The van der Waals surface area contributed by atoms with Crippen LogP contribution in [0.3, 0.4) is 0 Å². The first-order chi connectivity index (χ1) is 10.4. The van der Waals surface area contributed by atoms with E-state index in [0.717, 1.165) is 42.9 Å². The predicted octanol–water partition coefficient (Wildman–Crippen LogP) is 0.342. The molecule has 0 aromatic carbocycles. The average molecular weight is 304 g/mol. The molecular weight excluding hydrogens is 276 g/mol. The van der Waals surface area contributed by atoms with Crippen molar-refractivity contribution in [3.05, 3.63) is 22.4 Å². The lowest BCUT2D eigenvalue weighted by atomic mass is 9.87. The number of aromatic amines is 1. The van der Waals surface area contributed by atoms with Gasteiger partial charge in [-0.25, -0.2) is 4.98 Å². The maximum atomic E-state index is 9.66. The summed E-state index contributed by atoms with van der Waals surface area (Å²) in [6.45, 7) is 8.73. The molecule has 5 nitrogen and oxygen atoms in total. The quantitative estimate of drug-likeness (QED) is 0.825. The van der Waals surface area contributed by atoms with Gasteiger partial charge in [0.25, 0.3) is 5.82 Å². The molecule has 120 valence electrons. The average Bonchev–Trinajstić information content (AvgIpc) is 2.44. The van der Waals surface area contributed by atoms with Gasteiger partial charge in [-0.3, -0.25) is 5.32 Å². The summed E-state index contributed by atoms with van der Waals surface area (Å²) in [6, 6.07) is 2.39. The van der Waals surface area contributed by atoms with E-state index in [1.807, 2.05) is 0 Å². The van der Waals surface area contributed by atoms with Crippen molar-refractivity contribution in [2.75, 3.05) is 32.5 Å². The molecule has 1 aromatic rings. The predicted molar refractivity (Wildman–Crippen MR) is 85.8 cm³/mol. The number of aromatic nitrogens is 1. The van der Waals surface area contributed by atoms with E-state index in [2.05, 4.69) is 51.2 Å². The number of likely N-dealkylation sites (N-methyl/N-ethyl adjacent to an activating group) is 1. The van der Waals surface area contributed by atoms with E-state index >= 15 is 0 Å². The molecule has 0 radical (unpaired) electrons. The molecule has 0 saturated carbocycles. The maximum Gasteiger partial charge on any atom is 0.291 e. The zero-order chi connectivity index (χ0) is 16.3. The Balaban J connectivity index is 2.41. The molecule has 1 aliphatic rings. The van der Waals surface area contributed by atoms with Gasteiger partial charge in [-0.05, 0) is 19.4 Å². The summed E-state index contributed by atoms with van der Waals surface area (Å²) in [5.74, 6) is 0.858. The number of rotatable bonds is 5. The van der Waals surface area contributed by atoms with Crippen LogP contribution in [0.1, 0.15) is 43.2 Å². The first-order valence-corrected chi connectivity index (χ1v) is 8.04. The van der Waals surface area contributed by atoms with Gasteiger partial charge in [0.1, 0.15) is 30.4 Å². The molecular formula is C17H28N4O+2. The number of H-pyrrole nitrogens is 1. The fraction of sp³-hybridized carbons (Fsp3) is 0.647. The van der Waals surface area contributed by atoms with Crippen molar-refractivity contribution < 1.29 is 14.6 Å². The lowest BCUT2D eigenvalue weighted by Gasteiger charge is -2.32. The molecule has 0 bridgehead atoms. The standard InChI is InChI=1S/C17H26N4O/c1-6-15-14-11-22-17(2,3)9-12(14)13(10-18)16(20-15)19-7-8-21(4)5/h6-9,11H2,1-5H3,(H,19,20)/p+2. The number of ether oxygens (including phenoxy) is 1. The number of hydrogen-bond donors (Lipinski definition) is 2. The number of hydrogen-bond acceptors (Lipinski definition) is 3. The summed E-state index contributed by atoms with van der Waals surface area (Å²) in [6.07, 6.45) is 1.69. The fourth-order valence-electron chi connectivity index (χ4n) is 2.88. The van der Waals surface area contributed by atoms with E-state index < -0.39 is 0 Å². The van der Waals surface area contributed by atoms with Gasteiger partial charge in [-0.1, -0.05) is 6.92 Å². The number of quaternary nitrogens is 1. The Kier molecular flexibility index (Phi) is 5.05. The third kappa shape index (κ3) is 3.57. The van der Waals surface area contributed by atoms with Gasteiger partial charge in [0.15, 0.2) is 0 Å². The molecule has 3 N–H and O–H groups in total. The molecule has 2 heterocycles. The molecule has 0 amide bonds. The van der Waals surface area contributed by atoms with Crippen LogP contribution in [0.4, 0.5) is 5.82 Å². The Hall–Kier alpha value is -1.64. The van der Waals surface area contributed by atoms with Crippen LogP contribution in [0.5, 0.6) is 0 Å². The van der Waals surface area contributed by atoms with Crippen molar-refractivity contribution in [3.63, 3.8) is 0 Å². The van der Waals surface area contributed by atoms with E-state index in [0.29, 0.717) is 6.61 Å². The topological polar surface area (TPSA) is 63.6 Å². The molecule has 0 spiro atoms. The van der Waals surface area contributed by atoms with Gasteiger partial charge in [0.2, 0.25) is 0 Å². The van der Waals surface area contributed by atoms with Gasteiger partial charge in [-0.15, -0.1) is 0 Å². The number of anilines is 1. The summed E-state index contributed by atoms with van der Waals surface area (Å²) in [4.78, 5) is 4.80. The summed E-state index contributed by atoms with van der Waals surface area (Å²) in [5.41, 5.74) is 4.02. The fourth-order valence-corrected chi connectivity index (χ4v) is 2.88. The highest BCUT2D eigenvalue weighted by atomic mass is 16.5. The Morgan fingerprint density at radius 2 is 2.09 bits per heavy atom. The van der Waals surface area contributed by atoms with Crippen molar-refractivity contribution in [1.29, 1.82) is 5.26 Å². The Morgan fingerprint density at radius 1 is 1.36 bits per heavy atom. The van der Waals surface area contributed by atoms with E-state index in [9.17, 15) is 5.26 Å². The summed E-state index contributed by atoms with van der Waals surface area (Å²) in [5, 5.41) is 13.1. The molecule has 2 rings (SSSR count). The lowest BCUT2D eigenvalue weighted by Crippen LogP contribution is -3.06. The van der Waals surface area contributed by atoms with Crippen molar-refractivity contribution >= 4 is 5.82 Å². The molecule has 5 heteroatoms. The van der Waals surface area contributed by atoms with Crippen LogP contribution in [0.25, 0.3) is 0 Å². The van der Waals surface area contributed by atoms with Gasteiger partial charge in [-0.2, -0.15) is 5.26 Å². The maximum absolute atomic E-state index is 9.66. The van der Waals surface area contributed by atoms with Crippen molar-refractivity contribution in [2.45, 2.75) is 45.8 Å². The summed E-state index contributed by atoms with van der Waals surface area (Å²) in [7, 11) is 4.25. The number of nitrogens with zero attached hydrogens (tertiary/aromatic N) is 1. The molecule has 0 fully saturated rings. The lowest BCUT2D eigenvalue weighted by molar-refractivity contribution is -0.856. The van der Waals surface area contributed by atoms with Crippen LogP contribution < -0.4 is 15.2 Å². The van der Waals surface area contributed by atoms with Gasteiger partial charge >= 0.3 is 0 Å². The minimum Gasteiger partial charge on any atom is -0.370 e. The summed E-state index contributed by atoms with van der Waals surface area (Å²) < 4.78 is 5.93. The van der Waals surface area contributed by atoms with Crippen LogP contribution >= 0.6 is 0 Å².